The van der Waals surface area contributed by atoms with Crippen LogP contribution in [0.1, 0.15) is 55.0 Å². The van der Waals surface area contributed by atoms with Gasteiger partial charge in [0.25, 0.3) is 0 Å². The molecule has 1 heterocycles. The second kappa shape index (κ2) is 5.54. The minimum absolute atomic E-state index is 0.120. The van der Waals surface area contributed by atoms with Gasteiger partial charge in [-0.1, -0.05) is 31.4 Å². The van der Waals surface area contributed by atoms with E-state index in [0.717, 1.165) is 30.9 Å². The molecule has 0 saturated heterocycles. The Balaban J connectivity index is 1.76. The normalized spacial score (nSPS) is 21.0. The molecule has 0 aromatic heterocycles. The van der Waals surface area contributed by atoms with E-state index >= 15 is 0 Å². The SMILES string of the molecule is O=C1CCCc2cc(C(Cl)CC3CCC3)ccc2N1. The van der Waals surface area contributed by atoms with Gasteiger partial charge in [-0.2, -0.15) is 0 Å². The number of anilines is 1. The first-order valence-electron chi connectivity index (χ1n) is 7.29. The zero-order valence-electron chi connectivity index (χ0n) is 11.1. The number of carbonyl (C=O) groups excluding carboxylic acids is 1. The van der Waals surface area contributed by atoms with Gasteiger partial charge < -0.3 is 5.32 Å². The van der Waals surface area contributed by atoms with Crippen LogP contribution >= 0.6 is 11.6 Å². The third kappa shape index (κ3) is 2.94. The number of benzene rings is 1. The fourth-order valence-corrected chi connectivity index (χ4v) is 3.33. The van der Waals surface area contributed by atoms with Crippen molar-refractivity contribution < 1.29 is 4.79 Å². The molecule has 1 amide bonds. The highest BCUT2D eigenvalue weighted by molar-refractivity contribution is 6.20. The molecule has 3 heteroatoms. The molecule has 19 heavy (non-hydrogen) atoms. The summed E-state index contributed by atoms with van der Waals surface area (Å²) in [5.41, 5.74) is 3.42. The summed E-state index contributed by atoms with van der Waals surface area (Å²) in [6.07, 6.45) is 7.65. The van der Waals surface area contributed by atoms with E-state index in [-0.39, 0.29) is 11.3 Å². The molecule has 1 N–H and O–H groups in total. The van der Waals surface area contributed by atoms with E-state index in [0.29, 0.717) is 6.42 Å². The maximum atomic E-state index is 11.5. The van der Waals surface area contributed by atoms with E-state index in [1.165, 1.54) is 30.4 Å². The molecular formula is C16H20ClNO. The summed E-state index contributed by atoms with van der Waals surface area (Å²) in [5, 5.41) is 3.09. The van der Waals surface area contributed by atoms with Crippen LogP contribution in [0.5, 0.6) is 0 Å². The maximum Gasteiger partial charge on any atom is 0.224 e. The molecule has 1 aromatic carbocycles. The van der Waals surface area contributed by atoms with E-state index in [1.807, 2.05) is 6.07 Å². The maximum absolute atomic E-state index is 11.5. The van der Waals surface area contributed by atoms with Crippen LogP contribution in [0, 0.1) is 5.92 Å². The van der Waals surface area contributed by atoms with E-state index in [4.69, 9.17) is 11.6 Å². The molecule has 3 rings (SSSR count). The van der Waals surface area contributed by atoms with E-state index < -0.39 is 0 Å². The molecule has 1 unspecified atom stereocenters. The molecule has 1 aromatic rings. The Hall–Kier alpha value is -1.02. The van der Waals surface area contributed by atoms with Crippen molar-refractivity contribution in [3.63, 3.8) is 0 Å². The van der Waals surface area contributed by atoms with Crippen LogP contribution < -0.4 is 5.32 Å². The summed E-state index contributed by atoms with van der Waals surface area (Å²) in [7, 11) is 0. The number of carbonyl (C=O) groups is 1. The predicted molar refractivity (Wildman–Crippen MR) is 78.6 cm³/mol. The van der Waals surface area contributed by atoms with Gasteiger partial charge in [0.2, 0.25) is 5.91 Å². The number of rotatable bonds is 3. The van der Waals surface area contributed by atoms with Crippen molar-refractivity contribution in [3.05, 3.63) is 29.3 Å². The summed E-state index contributed by atoms with van der Waals surface area (Å²) in [5.74, 6) is 0.949. The van der Waals surface area contributed by atoms with Crippen molar-refractivity contribution in [1.29, 1.82) is 0 Å². The first kappa shape index (κ1) is 13.0. The number of fused-ring (bicyclic) bond motifs is 1. The van der Waals surface area contributed by atoms with Crippen LogP contribution in [0.2, 0.25) is 0 Å². The van der Waals surface area contributed by atoms with Crippen molar-refractivity contribution in [3.8, 4) is 0 Å². The lowest BCUT2D eigenvalue weighted by Crippen LogP contribution is -2.13. The lowest BCUT2D eigenvalue weighted by molar-refractivity contribution is -0.116. The second-order valence-corrected chi connectivity index (χ2v) is 6.35. The molecule has 1 aliphatic carbocycles. The van der Waals surface area contributed by atoms with Crippen LogP contribution in [0.15, 0.2) is 18.2 Å². The van der Waals surface area contributed by atoms with Gasteiger partial charge >= 0.3 is 0 Å². The quantitative estimate of drug-likeness (QED) is 0.814. The van der Waals surface area contributed by atoms with E-state index in [9.17, 15) is 4.79 Å². The highest BCUT2D eigenvalue weighted by Gasteiger charge is 2.22. The highest BCUT2D eigenvalue weighted by Crippen LogP contribution is 2.38. The molecule has 1 atom stereocenters. The molecule has 102 valence electrons. The fourth-order valence-electron chi connectivity index (χ4n) is 2.95. The van der Waals surface area contributed by atoms with Gasteiger partial charge in [-0.15, -0.1) is 11.6 Å². The van der Waals surface area contributed by atoms with Crippen LogP contribution in [0.3, 0.4) is 0 Å². The van der Waals surface area contributed by atoms with Crippen molar-refractivity contribution in [2.75, 3.05) is 5.32 Å². The summed E-state index contributed by atoms with van der Waals surface area (Å²) in [4.78, 5) is 11.5. The van der Waals surface area contributed by atoms with Crippen LogP contribution in [-0.2, 0) is 11.2 Å². The largest absolute Gasteiger partial charge is 0.326 e. The van der Waals surface area contributed by atoms with Gasteiger partial charge in [-0.3, -0.25) is 4.79 Å². The molecule has 0 radical (unpaired) electrons. The Morgan fingerprint density at radius 2 is 2.11 bits per heavy atom. The Labute approximate surface area is 119 Å². The molecular weight excluding hydrogens is 258 g/mol. The Bertz CT molecular complexity index is 482. The lowest BCUT2D eigenvalue weighted by atomic mass is 9.81. The van der Waals surface area contributed by atoms with Crippen LogP contribution in [-0.4, -0.2) is 5.91 Å². The summed E-state index contributed by atoms with van der Waals surface area (Å²) in [6.45, 7) is 0. The van der Waals surface area contributed by atoms with Gasteiger partial charge in [0.15, 0.2) is 0 Å². The minimum atomic E-state index is 0.120. The van der Waals surface area contributed by atoms with Crippen molar-refractivity contribution in [2.45, 2.75) is 50.3 Å². The Morgan fingerprint density at radius 3 is 2.84 bits per heavy atom. The van der Waals surface area contributed by atoms with Gasteiger partial charge in [-0.25, -0.2) is 0 Å². The number of hydrogen-bond acceptors (Lipinski definition) is 1. The average molecular weight is 278 g/mol. The summed E-state index contributed by atoms with van der Waals surface area (Å²) >= 11 is 6.54. The molecule has 1 aliphatic heterocycles. The fraction of sp³-hybridized carbons (Fsp3) is 0.562. The lowest BCUT2D eigenvalue weighted by Gasteiger charge is -2.27. The third-order valence-corrected chi connectivity index (χ3v) is 4.81. The number of alkyl halides is 1. The van der Waals surface area contributed by atoms with Gasteiger partial charge in [0, 0.05) is 12.1 Å². The Morgan fingerprint density at radius 1 is 1.26 bits per heavy atom. The molecule has 2 nitrogen and oxygen atoms in total. The van der Waals surface area contributed by atoms with Gasteiger partial charge in [-0.05, 0) is 42.4 Å². The zero-order valence-corrected chi connectivity index (χ0v) is 11.9. The third-order valence-electron chi connectivity index (χ3n) is 4.38. The summed E-state index contributed by atoms with van der Waals surface area (Å²) < 4.78 is 0. The van der Waals surface area contributed by atoms with E-state index in [2.05, 4.69) is 17.4 Å². The molecule has 0 bridgehead atoms. The first-order chi connectivity index (χ1) is 9.22. The smallest absolute Gasteiger partial charge is 0.224 e. The number of halogens is 1. The number of nitrogens with one attached hydrogen (secondary N) is 1. The first-order valence-corrected chi connectivity index (χ1v) is 7.73. The van der Waals surface area contributed by atoms with E-state index in [1.54, 1.807) is 0 Å². The summed E-state index contributed by atoms with van der Waals surface area (Å²) in [6, 6.07) is 6.28. The average Bonchev–Trinajstić information content (AvgIpc) is 2.53. The molecule has 1 fully saturated rings. The number of hydrogen-bond donors (Lipinski definition) is 1. The zero-order chi connectivity index (χ0) is 13.2. The molecule has 2 aliphatic rings. The van der Waals surface area contributed by atoms with Crippen molar-refractivity contribution in [2.24, 2.45) is 5.92 Å². The van der Waals surface area contributed by atoms with Gasteiger partial charge in [0.05, 0.1) is 5.38 Å². The monoisotopic (exact) mass is 277 g/mol. The predicted octanol–water partition coefficient (Wildman–Crippen LogP) is 4.43. The van der Waals surface area contributed by atoms with Crippen LogP contribution in [0.4, 0.5) is 5.69 Å². The van der Waals surface area contributed by atoms with Crippen LogP contribution in [0.25, 0.3) is 0 Å². The van der Waals surface area contributed by atoms with Gasteiger partial charge in [0.1, 0.15) is 0 Å². The van der Waals surface area contributed by atoms with Crippen molar-refractivity contribution in [1.82, 2.24) is 0 Å². The number of amides is 1. The highest BCUT2D eigenvalue weighted by atomic mass is 35.5. The standard InChI is InChI=1S/C16H20ClNO/c17-14(9-11-3-1-4-11)12-7-8-15-13(10-12)5-2-6-16(19)18-15/h7-8,10-11,14H,1-6,9H2,(H,18,19). The molecule has 1 saturated carbocycles. The topological polar surface area (TPSA) is 29.1 Å². The minimum Gasteiger partial charge on any atom is -0.326 e. The number of aryl methyl sites for hydroxylation is 1. The Kier molecular flexibility index (Phi) is 3.79. The second-order valence-electron chi connectivity index (χ2n) is 5.82. The molecule has 0 spiro atoms. The van der Waals surface area contributed by atoms with Crippen molar-refractivity contribution >= 4 is 23.2 Å².